The zero-order valence-electron chi connectivity index (χ0n) is 10.1. The molecule has 18 heavy (non-hydrogen) atoms. The Hall–Kier alpha value is -2.37. The molecule has 0 amide bonds. The van der Waals surface area contributed by atoms with E-state index in [9.17, 15) is 4.79 Å². The summed E-state index contributed by atoms with van der Waals surface area (Å²) in [6.07, 6.45) is 1.53. The molecule has 1 N–H and O–H groups in total. The van der Waals surface area contributed by atoms with E-state index in [0.717, 1.165) is 11.1 Å². The topological polar surface area (TPSA) is 77.2 Å². The van der Waals surface area contributed by atoms with Crippen LogP contribution >= 0.6 is 0 Å². The minimum Gasteiger partial charge on any atom is -0.496 e. The van der Waals surface area contributed by atoms with Crippen molar-refractivity contribution in [2.75, 3.05) is 7.11 Å². The van der Waals surface area contributed by atoms with Gasteiger partial charge in [0.1, 0.15) is 12.3 Å². The third-order valence-corrected chi connectivity index (χ3v) is 2.53. The summed E-state index contributed by atoms with van der Waals surface area (Å²) in [5.74, 6) is -0.303. The first-order chi connectivity index (χ1) is 8.61. The first kappa shape index (κ1) is 12.1. The van der Waals surface area contributed by atoms with Gasteiger partial charge in [0.15, 0.2) is 0 Å². The van der Waals surface area contributed by atoms with Crippen LogP contribution in [-0.2, 0) is 11.3 Å². The molecule has 0 aliphatic heterocycles. The van der Waals surface area contributed by atoms with Gasteiger partial charge in [-0.2, -0.15) is 0 Å². The average Bonchev–Trinajstić information content (AvgIpc) is 2.76. The molecule has 0 bridgehead atoms. The van der Waals surface area contributed by atoms with Crippen molar-refractivity contribution in [1.82, 2.24) is 15.0 Å². The number of benzene rings is 1. The van der Waals surface area contributed by atoms with Crippen molar-refractivity contribution in [3.63, 3.8) is 0 Å². The van der Waals surface area contributed by atoms with E-state index in [0.29, 0.717) is 11.4 Å². The largest absolute Gasteiger partial charge is 0.496 e. The monoisotopic (exact) mass is 247 g/mol. The molecule has 1 aromatic carbocycles. The Morgan fingerprint density at radius 2 is 2.28 bits per heavy atom. The minimum atomic E-state index is -0.964. The maximum Gasteiger partial charge on any atom is 0.325 e. The van der Waals surface area contributed by atoms with Crippen LogP contribution in [0.5, 0.6) is 5.75 Å². The second-order valence-corrected chi connectivity index (χ2v) is 3.87. The van der Waals surface area contributed by atoms with Gasteiger partial charge in [0.25, 0.3) is 0 Å². The number of aryl methyl sites for hydroxylation is 1. The Labute approximate surface area is 104 Å². The van der Waals surface area contributed by atoms with Crippen LogP contribution in [0.25, 0.3) is 11.3 Å². The lowest BCUT2D eigenvalue weighted by Crippen LogP contribution is -2.11. The molecule has 0 aliphatic rings. The van der Waals surface area contributed by atoms with Crippen molar-refractivity contribution >= 4 is 5.97 Å². The lowest BCUT2D eigenvalue weighted by Gasteiger charge is -2.09. The number of aromatic nitrogens is 3. The van der Waals surface area contributed by atoms with E-state index in [4.69, 9.17) is 9.84 Å². The minimum absolute atomic E-state index is 0.230. The Balaban J connectivity index is 2.51. The molecule has 0 saturated heterocycles. The summed E-state index contributed by atoms with van der Waals surface area (Å²) in [6.45, 7) is 1.72. The van der Waals surface area contributed by atoms with E-state index in [1.54, 1.807) is 7.11 Å². The van der Waals surface area contributed by atoms with E-state index >= 15 is 0 Å². The van der Waals surface area contributed by atoms with Crippen LogP contribution in [0.15, 0.2) is 24.4 Å². The predicted molar refractivity (Wildman–Crippen MR) is 64.4 cm³/mol. The van der Waals surface area contributed by atoms with Gasteiger partial charge in [0, 0.05) is 5.56 Å². The van der Waals surface area contributed by atoms with E-state index < -0.39 is 5.97 Å². The fourth-order valence-electron chi connectivity index (χ4n) is 1.73. The number of rotatable bonds is 4. The molecule has 0 atom stereocenters. The van der Waals surface area contributed by atoms with E-state index in [2.05, 4.69) is 10.3 Å². The van der Waals surface area contributed by atoms with Gasteiger partial charge < -0.3 is 9.84 Å². The number of carboxylic acids is 1. The first-order valence-corrected chi connectivity index (χ1v) is 5.37. The number of methoxy groups -OCH3 is 1. The highest BCUT2D eigenvalue weighted by molar-refractivity contribution is 5.71. The molecule has 0 radical (unpaired) electrons. The second kappa shape index (κ2) is 4.87. The van der Waals surface area contributed by atoms with Gasteiger partial charge in [0.2, 0.25) is 0 Å². The van der Waals surface area contributed by atoms with Gasteiger partial charge in [0.05, 0.1) is 19.0 Å². The van der Waals surface area contributed by atoms with Crippen molar-refractivity contribution in [3.05, 3.63) is 30.0 Å². The summed E-state index contributed by atoms with van der Waals surface area (Å²) in [5, 5.41) is 16.3. The molecule has 0 saturated carbocycles. The summed E-state index contributed by atoms with van der Waals surface area (Å²) in [4.78, 5) is 10.8. The predicted octanol–water partition coefficient (Wildman–Crippen LogP) is 1.35. The van der Waals surface area contributed by atoms with Crippen LogP contribution in [0, 0.1) is 6.92 Å². The number of ether oxygens (including phenoxy) is 1. The molecule has 1 aromatic heterocycles. The molecule has 2 aromatic rings. The van der Waals surface area contributed by atoms with Gasteiger partial charge in [-0.25, -0.2) is 4.68 Å². The molecule has 94 valence electrons. The number of carboxylic acid groups (broad SMARTS) is 1. The smallest absolute Gasteiger partial charge is 0.325 e. The van der Waals surface area contributed by atoms with E-state index in [1.807, 2.05) is 25.1 Å². The van der Waals surface area contributed by atoms with Crippen LogP contribution in [0.4, 0.5) is 0 Å². The maximum absolute atomic E-state index is 10.8. The normalized spacial score (nSPS) is 10.3. The van der Waals surface area contributed by atoms with Crippen LogP contribution in [-0.4, -0.2) is 33.2 Å². The summed E-state index contributed by atoms with van der Waals surface area (Å²) in [7, 11) is 1.57. The van der Waals surface area contributed by atoms with Gasteiger partial charge in [-0.3, -0.25) is 4.79 Å². The van der Waals surface area contributed by atoms with Gasteiger partial charge >= 0.3 is 5.97 Å². The Bertz CT molecular complexity index is 578. The zero-order chi connectivity index (χ0) is 13.1. The fourth-order valence-corrected chi connectivity index (χ4v) is 1.73. The molecule has 6 nitrogen and oxygen atoms in total. The molecule has 0 aliphatic carbocycles. The van der Waals surface area contributed by atoms with Gasteiger partial charge in [-0.05, 0) is 19.1 Å². The van der Waals surface area contributed by atoms with Crippen molar-refractivity contribution in [3.8, 4) is 17.0 Å². The second-order valence-electron chi connectivity index (χ2n) is 3.87. The lowest BCUT2D eigenvalue weighted by molar-refractivity contribution is -0.137. The quantitative estimate of drug-likeness (QED) is 0.882. The Kier molecular flexibility index (Phi) is 3.27. The van der Waals surface area contributed by atoms with Crippen molar-refractivity contribution in [1.29, 1.82) is 0 Å². The third-order valence-electron chi connectivity index (χ3n) is 2.53. The first-order valence-electron chi connectivity index (χ1n) is 5.37. The number of aliphatic carboxylic acids is 1. The SMILES string of the molecule is COc1ccc(C)cc1-c1cnnn1CC(=O)O. The number of hydrogen-bond acceptors (Lipinski definition) is 4. The molecule has 1 heterocycles. The van der Waals surface area contributed by atoms with Crippen molar-refractivity contribution < 1.29 is 14.6 Å². The molecular weight excluding hydrogens is 234 g/mol. The Morgan fingerprint density at radius 3 is 2.94 bits per heavy atom. The van der Waals surface area contributed by atoms with Crippen molar-refractivity contribution in [2.24, 2.45) is 0 Å². The highest BCUT2D eigenvalue weighted by Gasteiger charge is 2.13. The van der Waals surface area contributed by atoms with Crippen LogP contribution < -0.4 is 4.74 Å². The standard InChI is InChI=1S/C12H13N3O3/c1-8-3-4-11(18-2)9(5-8)10-6-13-14-15(10)7-12(16)17/h3-6H,7H2,1-2H3,(H,16,17). The van der Waals surface area contributed by atoms with E-state index in [-0.39, 0.29) is 6.54 Å². The number of nitrogens with zero attached hydrogens (tertiary/aromatic N) is 3. The van der Waals surface area contributed by atoms with Gasteiger partial charge in [-0.15, -0.1) is 5.10 Å². The average molecular weight is 247 g/mol. The third kappa shape index (κ3) is 2.32. The van der Waals surface area contributed by atoms with E-state index in [1.165, 1.54) is 10.9 Å². The number of carbonyl (C=O) groups is 1. The molecular formula is C12H13N3O3. The summed E-state index contributed by atoms with van der Waals surface area (Å²) in [6, 6.07) is 5.67. The highest BCUT2D eigenvalue weighted by atomic mass is 16.5. The van der Waals surface area contributed by atoms with Gasteiger partial charge in [-0.1, -0.05) is 16.8 Å². The summed E-state index contributed by atoms with van der Waals surface area (Å²) in [5.41, 5.74) is 2.45. The molecule has 0 spiro atoms. The number of hydrogen-bond donors (Lipinski definition) is 1. The fraction of sp³-hybridized carbons (Fsp3) is 0.250. The van der Waals surface area contributed by atoms with Crippen molar-refractivity contribution in [2.45, 2.75) is 13.5 Å². The molecule has 2 rings (SSSR count). The van der Waals surface area contributed by atoms with Crippen LogP contribution in [0.2, 0.25) is 0 Å². The Morgan fingerprint density at radius 1 is 1.50 bits per heavy atom. The zero-order valence-corrected chi connectivity index (χ0v) is 10.1. The summed E-state index contributed by atoms with van der Waals surface area (Å²) >= 11 is 0. The summed E-state index contributed by atoms with van der Waals surface area (Å²) < 4.78 is 6.60. The molecule has 6 heteroatoms. The van der Waals surface area contributed by atoms with Crippen LogP contribution in [0.3, 0.4) is 0 Å². The molecule has 0 unspecified atom stereocenters. The molecule has 0 fully saturated rings. The maximum atomic E-state index is 10.8. The highest BCUT2D eigenvalue weighted by Crippen LogP contribution is 2.30. The van der Waals surface area contributed by atoms with Crippen LogP contribution in [0.1, 0.15) is 5.56 Å². The lowest BCUT2D eigenvalue weighted by atomic mass is 10.1.